The van der Waals surface area contributed by atoms with E-state index in [4.69, 9.17) is 5.73 Å². The fraction of sp³-hybridized carbons (Fsp3) is 0.312. The molecule has 2 rings (SSSR count). The molecule has 1 amide bonds. The Bertz CT molecular complexity index is 623. The molecule has 0 aliphatic heterocycles. The molecule has 0 fully saturated rings. The molecule has 0 aromatic heterocycles. The monoisotopic (exact) mass is 272 g/mol. The number of nitrogens with one attached hydrogen (secondary N) is 1. The van der Waals surface area contributed by atoms with E-state index in [0.717, 1.165) is 5.39 Å². The summed E-state index contributed by atoms with van der Waals surface area (Å²) < 4.78 is 0. The van der Waals surface area contributed by atoms with Crippen LogP contribution in [0, 0.1) is 5.92 Å². The summed E-state index contributed by atoms with van der Waals surface area (Å²) in [4.78, 5) is 12.1. The van der Waals surface area contributed by atoms with Crippen LogP contribution in [0.3, 0.4) is 0 Å². The number of aromatic hydroxyl groups is 1. The number of phenolic OH excluding ortho intramolecular Hbond substituents is 1. The van der Waals surface area contributed by atoms with Crippen LogP contribution >= 0.6 is 0 Å². The highest BCUT2D eigenvalue weighted by Crippen LogP contribution is 2.28. The summed E-state index contributed by atoms with van der Waals surface area (Å²) in [5, 5.41) is 14.5. The Balaban J connectivity index is 2.20. The van der Waals surface area contributed by atoms with Gasteiger partial charge in [0.2, 0.25) is 0 Å². The van der Waals surface area contributed by atoms with Gasteiger partial charge in [0.25, 0.3) is 5.91 Å². The molecule has 0 aliphatic rings. The van der Waals surface area contributed by atoms with Gasteiger partial charge in [-0.25, -0.2) is 0 Å². The maximum Gasteiger partial charge on any atom is 0.255 e. The Morgan fingerprint density at radius 2 is 1.95 bits per heavy atom. The summed E-state index contributed by atoms with van der Waals surface area (Å²) in [6.07, 6.45) is 0. The van der Waals surface area contributed by atoms with Gasteiger partial charge < -0.3 is 16.2 Å². The minimum atomic E-state index is -0.302. The molecule has 4 heteroatoms. The van der Waals surface area contributed by atoms with Gasteiger partial charge in [0.05, 0.1) is 5.56 Å². The predicted molar refractivity (Wildman–Crippen MR) is 80.8 cm³/mol. The van der Waals surface area contributed by atoms with Gasteiger partial charge in [0, 0.05) is 18.0 Å². The molecule has 2 aromatic rings. The fourth-order valence-corrected chi connectivity index (χ4v) is 1.98. The molecule has 0 bridgehead atoms. The average molecular weight is 272 g/mol. The molecule has 106 valence electrons. The van der Waals surface area contributed by atoms with Gasteiger partial charge in [-0.05, 0) is 17.4 Å². The number of amides is 1. The number of phenols is 1. The average Bonchev–Trinajstić information content (AvgIpc) is 2.45. The zero-order valence-electron chi connectivity index (χ0n) is 11.8. The molecule has 0 heterocycles. The summed E-state index contributed by atoms with van der Waals surface area (Å²) in [5.41, 5.74) is 6.17. The first kappa shape index (κ1) is 14.3. The Morgan fingerprint density at radius 1 is 1.25 bits per heavy atom. The Kier molecular flexibility index (Phi) is 4.25. The van der Waals surface area contributed by atoms with E-state index in [9.17, 15) is 9.90 Å². The second-order valence-electron chi connectivity index (χ2n) is 5.30. The first-order valence-electron chi connectivity index (χ1n) is 6.75. The minimum Gasteiger partial charge on any atom is -0.506 e. The topological polar surface area (TPSA) is 75.3 Å². The van der Waals surface area contributed by atoms with Crippen LogP contribution in [-0.2, 0) is 0 Å². The molecule has 1 atom stereocenters. The largest absolute Gasteiger partial charge is 0.506 e. The van der Waals surface area contributed by atoms with Crippen LogP contribution in [0.1, 0.15) is 24.2 Å². The van der Waals surface area contributed by atoms with Crippen molar-refractivity contribution in [2.45, 2.75) is 19.9 Å². The number of hydrogen-bond acceptors (Lipinski definition) is 3. The second kappa shape index (κ2) is 5.92. The van der Waals surface area contributed by atoms with Crippen LogP contribution in [0.25, 0.3) is 10.8 Å². The summed E-state index contributed by atoms with van der Waals surface area (Å²) >= 11 is 0. The van der Waals surface area contributed by atoms with Gasteiger partial charge in [-0.2, -0.15) is 0 Å². The van der Waals surface area contributed by atoms with Gasteiger partial charge in [-0.15, -0.1) is 0 Å². The molecule has 2 aromatic carbocycles. The van der Waals surface area contributed by atoms with Crippen molar-refractivity contribution in [1.29, 1.82) is 0 Å². The Morgan fingerprint density at radius 3 is 2.65 bits per heavy atom. The Hall–Kier alpha value is -2.07. The van der Waals surface area contributed by atoms with Gasteiger partial charge >= 0.3 is 0 Å². The van der Waals surface area contributed by atoms with Crippen molar-refractivity contribution in [3.63, 3.8) is 0 Å². The van der Waals surface area contributed by atoms with Crippen LogP contribution in [0.4, 0.5) is 0 Å². The van der Waals surface area contributed by atoms with Gasteiger partial charge in [0.1, 0.15) is 5.75 Å². The van der Waals surface area contributed by atoms with Gasteiger partial charge in [-0.1, -0.05) is 44.2 Å². The SMILES string of the molecule is CC(C)C(N)CNC(=O)c1ccc2ccccc2c1O. The van der Waals surface area contributed by atoms with E-state index in [-0.39, 0.29) is 23.3 Å². The van der Waals surface area contributed by atoms with Crippen molar-refractivity contribution >= 4 is 16.7 Å². The van der Waals surface area contributed by atoms with Crippen LogP contribution < -0.4 is 11.1 Å². The normalized spacial score (nSPS) is 12.6. The molecular formula is C16H20N2O2. The number of fused-ring (bicyclic) bond motifs is 1. The van der Waals surface area contributed by atoms with Crippen molar-refractivity contribution < 1.29 is 9.90 Å². The molecule has 0 saturated carbocycles. The third-order valence-corrected chi connectivity index (χ3v) is 3.50. The summed E-state index contributed by atoms with van der Waals surface area (Å²) in [6, 6.07) is 10.8. The van der Waals surface area contributed by atoms with Gasteiger partial charge in [-0.3, -0.25) is 4.79 Å². The van der Waals surface area contributed by atoms with E-state index in [1.807, 2.05) is 38.1 Å². The first-order valence-corrected chi connectivity index (χ1v) is 6.75. The minimum absolute atomic E-state index is 0.0127. The lowest BCUT2D eigenvalue weighted by atomic mass is 10.0. The number of carbonyl (C=O) groups excluding carboxylic acids is 1. The molecule has 20 heavy (non-hydrogen) atoms. The number of nitrogens with two attached hydrogens (primary N) is 1. The number of hydrogen-bond donors (Lipinski definition) is 3. The van der Waals surface area contributed by atoms with Gasteiger partial charge in [0.15, 0.2) is 0 Å². The standard InChI is InChI=1S/C16H20N2O2/c1-10(2)14(17)9-18-16(20)13-8-7-11-5-3-4-6-12(11)15(13)19/h3-8,10,14,19H,9,17H2,1-2H3,(H,18,20). The first-order chi connectivity index (χ1) is 9.50. The maximum absolute atomic E-state index is 12.1. The third-order valence-electron chi connectivity index (χ3n) is 3.50. The zero-order valence-corrected chi connectivity index (χ0v) is 11.8. The predicted octanol–water partition coefficient (Wildman–Crippen LogP) is 2.26. The lowest BCUT2D eigenvalue weighted by Gasteiger charge is -2.16. The highest BCUT2D eigenvalue weighted by molar-refractivity contribution is 6.03. The van der Waals surface area contributed by atoms with Crippen molar-refractivity contribution in [1.82, 2.24) is 5.32 Å². The van der Waals surface area contributed by atoms with Crippen LogP contribution in [-0.4, -0.2) is 23.6 Å². The molecule has 0 spiro atoms. The second-order valence-corrected chi connectivity index (χ2v) is 5.30. The van der Waals surface area contributed by atoms with Crippen molar-refractivity contribution in [2.75, 3.05) is 6.54 Å². The number of carbonyl (C=O) groups is 1. The fourth-order valence-electron chi connectivity index (χ4n) is 1.98. The Labute approximate surface area is 118 Å². The van der Waals surface area contributed by atoms with Crippen molar-refractivity contribution in [3.05, 3.63) is 42.0 Å². The summed E-state index contributed by atoms with van der Waals surface area (Å²) in [7, 11) is 0. The van der Waals surface area contributed by atoms with Crippen LogP contribution in [0.5, 0.6) is 5.75 Å². The lowest BCUT2D eigenvalue weighted by Crippen LogP contribution is -2.40. The summed E-state index contributed by atoms with van der Waals surface area (Å²) in [6.45, 7) is 4.40. The molecule has 0 saturated heterocycles. The number of benzene rings is 2. The van der Waals surface area contributed by atoms with E-state index in [1.165, 1.54) is 0 Å². The van der Waals surface area contributed by atoms with E-state index >= 15 is 0 Å². The quantitative estimate of drug-likeness (QED) is 0.799. The zero-order chi connectivity index (χ0) is 14.7. The highest BCUT2D eigenvalue weighted by atomic mass is 16.3. The molecule has 4 N–H and O–H groups in total. The van der Waals surface area contributed by atoms with Crippen LogP contribution in [0.2, 0.25) is 0 Å². The van der Waals surface area contributed by atoms with E-state index < -0.39 is 0 Å². The van der Waals surface area contributed by atoms with E-state index in [1.54, 1.807) is 12.1 Å². The van der Waals surface area contributed by atoms with E-state index in [2.05, 4.69) is 5.32 Å². The molecule has 1 unspecified atom stereocenters. The molecule has 4 nitrogen and oxygen atoms in total. The number of rotatable bonds is 4. The van der Waals surface area contributed by atoms with E-state index in [0.29, 0.717) is 17.8 Å². The van der Waals surface area contributed by atoms with Crippen LogP contribution in [0.15, 0.2) is 36.4 Å². The molecule has 0 aliphatic carbocycles. The third kappa shape index (κ3) is 2.91. The highest BCUT2D eigenvalue weighted by Gasteiger charge is 2.15. The maximum atomic E-state index is 12.1. The smallest absolute Gasteiger partial charge is 0.255 e. The molecule has 0 radical (unpaired) electrons. The van der Waals surface area contributed by atoms with Crippen molar-refractivity contribution in [2.24, 2.45) is 11.7 Å². The molecular weight excluding hydrogens is 252 g/mol. The lowest BCUT2D eigenvalue weighted by molar-refractivity contribution is 0.0947. The van der Waals surface area contributed by atoms with Crippen molar-refractivity contribution in [3.8, 4) is 5.75 Å². The summed E-state index contributed by atoms with van der Waals surface area (Å²) in [5.74, 6) is 0.00331.